The minimum absolute atomic E-state index is 0.321. The zero-order valence-electron chi connectivity index (χ0n) is 11.6. The van der Waals surface area contributed by atoms with Gasteiger partial charge in [-0.2, -0.15) is 0 Å². The fraction of sp³-hybridized carbons (Fsp3) is 0.286. The Morgan fingerprint density at radius 2 is 2.36 bits per heavy atom. The summed E-state index contributed by atoms with van der Waals surface area (Å²) >= 11 is 0. The maximum absolute atomic E-state index is 8.99. The van der Waals surface area contributed by atoms with Crippen molar-refractivity contribution >= 4 is 12.6 Å². The van der Waals surface area contributed by atoms with Gasteiger partial charge in [0.25, 0.3) is 0 Å². The highest BCUT2D eigenvalue weighted by molar-refractivity contribution is 6.59. The van der Waals surface area contributed by atoms with Crippen LogP contribution in [-0.4, -0.2) is 22.2 Å². The lowest BCUT2D eigenvalue weighted by Gasteiger charge is -2.03. The second-order valence-electron chi connectivity index (χ2n) is 2.03. The number of aromatic nitrogens is 1. The van der Waals surface area contributed by atoms with Crippen molar-refractivity contribution < 1.29 is 18.3 Å². The van der Waals surface area contributed by atoms with Crippen molar-refractivity contribution in [3.8, 4) is 0 Å². The van der Waals surface area contributed by atoms with Gasteiger partial charge in [-0.15, -0.1) is 0 Å². The van der Waals surface area contributed by atoms with Gasteiger partial charge >= 0.3 is 7.12 Å². The van der Waals surface area contributed by atoms with Crippen LogP contribution in [0.5, 0.6) is 0 Å². The molecule has 0 amide bonds. The monoisotopic (exact) mass is 157 g/mol. The average molecular weight is 157 g/mol. The Hall–Kier alpha value is -0.865. The van der Waals surface area contributed by atoms with Gasteiger partial charge in [0.15, 0.2) is 0 Å². The van der Waals surface area contributed by atoms with E-state index in [4.69, 9.17) is 18.3 Å². The Morgan fingerprint density at radius 3 is 2.91 bits per heavy atom. The van der Waals surface area contributed by atoms with Gasteiger partial charge in [-0.3, -0.25) is 4.98 Å². The summed E-state index contributed by atoms with van der Waals surface area (Å²) in [6, 6.07) is 0.856. The summed E-state index contributed by atoms with van der Waals surface area (Å²) in [6.07, 6.45) is 0.855. The molecule has 0 aliphatic heterocycles. The molecule has 0 spiro atoms. The molecule has 0 aromatic carbocycles. The molecular formula is C7H10BNO2. The number of hydrogen-bond acceptors (Lipinski definition) is 3. The SMILES string of the molecule is [2H]C([2H])([2H])c1cc(C([2H])([2H])[2H])c(B(O)O)cn1. The topological polar surface area (TPSA) is 53.4 Å². The highest BCUT2D eigenvalue weighted by Gasteiger charge is 2.13. The smallest absolute Gasteiger partial charge is 0.423 e. The van der Waals surface area contributed by atoms with E-state index in [0.717, 1.165) is 12.3 Å². The van der Waals surface area contributed by atoms with Crippen molar-refractivity contribution in [2.75, 3.05) is 0 Å². The van der Waals surface area contributed by atoms with E-state index in [0.29, 0.717) is 0 Å². The van der Waals surface area contributed by atoms with Crippen molar-refractivity contribution in [2.45, 2.75) is 13.7 Å². The van der Waals surface area contributed by atoms with E-state index in [1.807, 2.05) is 0 Å². The third-order valence-electron chi connectivity index (χ3n) is 1.21. The molecule has 0 aliphatic rings. The molecule has 0 aliphatic carbocycles. The van der Waals surface area contributed by atoms with E-state index < -0.39 is 32.1 Å². The first-order chi connectivity index (χ1) is 7.53. The van der Waals surface area contributed by atoms with Gasteiger partial charge in [0, 0.05) is 25.6 Å². The molecule has 1 heterocycles. The lowest BCUT2D eigenvalue weighted by Crippen LogP contribution is -2.32. The van der Waals surface area contributed by atoms with Crippen molar-refractivity contribution in [3.05, 3.63) is 23.5 Å². The summed E-state index contributed by atoms with van der Waals surface area (Å²) in [5, 5.41) is 18.0. The molecule has 0 unspecified atom stereocenters. The van der Waals surface area contributed by atoms with Crippen LogP contribution in [0.1, 0.15) is 19.5 Å². The fourth-order valence-corrected chi connectivity index (χ4v) is 0.672. The van der Waals surface area contributed by atoms with Gasteiger partial charge < -0.3 is 10.0 Å². The van der Waals surface area contributed by atoms with Crippen molar-refractivity contribution in [1.29, 1.82) is 0 Å². The number of rotatable bonds is 1. The summed E-state index contributed by atoms with van der Waals surface area (Å²) in [6.45, 7) is -5.18. The number of hydrogen-bond donors (Lipinski definition) is 2. The molecule has 0 radical (unpaired) electrons. The summed E-state index contributed by atoms with van der Waals surface area (Å²) in [5.74, 6) is 0. The zero-order chi connectivity index (χ0) is 13.4. The molecule has 0 fully saturated rings. The molecule has 1 rings (SSSR count). The van der Waals surface area contributed by atoms with Gasteiger partial charge in [-0.05, 0) is 25.3 Å². The molecule has 1 aromatic rings. The molecule has 58 valence electrons. The summed E-state index contributed by atoms with van der Waals surface area (Å²) < 4.78 is 43.0. The molecule has 0 saturated heterocycles. The molecule has 0 saturated carbocycles. The molecule has 3 nitrogen and oxygen atoms in total. The number of aryl methyl sites for hydroxylation is 2. The Balaban J connectivity index is 3.41. The third kappa shape index (κ3) is 1.79. The normalized spacial score (nSPS) is 20.2. The minimum atomic E-state index is -2.64. The van der Waals surface area contributed by atoms with Gasteiger partial charge in [0.2, 0.25) is 0 Å². The van der Waals surface area contributed by atoms with E-state index in [1.165, 1.54) is 0 Å². The standard InChI is InChI=1S/C7H10BNO2/c1-5-3-6(2)9-4-7(5)8(10)11/h3-4,10-11H,1-2H3/i1D3,2D3. The van der Waals surface area contributed by atoms with Crippen LogP contribution in [0.25, 0.3) is 0 Å². The maximum Gasteiger partial charge on any atom is 0.490 e. The van der Waals surface area contributed by atoms with Crippen LogP contribution in [0.2, 0.25) is 0 Å². The Labute approximate surface area is 74.3 Å². The van der Waals surface area contributed by atoms with Crippen LogP contribution in [-0.2, 0) is 0 Å². The van der Waals surface area contributed by atoms with Crippen LogP contribution >= 0.6 is 0 Å². The van der Waals surface area contributed by atoms with Crippen LogP contribution in [0, 0.1) is 13.7 Å². The minimum Gasteiger partial charge on any atom is -0.423 e. The zero-order valence-corrected chi connectivity index (χ0v) is 5.57. The predicted molar refractivity (Wildman–Crippen MR) is 43.5 cm³/mol. The summed E-state index contributed by atoms with van der Waals surface area (Å²) in [4.78, 5) is 3.51. The quantitative estimate of drug-likeness (QED) is 0.534. The Morgan fingerprint density at radius 1 is 1.55 bits per heavy atom. The summed E-state index contributed by atoms with van der Waals surface area (Å²) in [5.41, 5.74) is -1.14. The molecule has 11 heavy (non-hydrogen) atoms. The predicted octanol–water partition coefficient (Wildman–Crippen LogP) is -0.622. The van der Waals surface area contributed by atoms with Crippen LogP contribution in [0.3, 0.4) is 0 Å². The largest absolute Gasteiger partial charge is 0.490 e. The van der Waals surface area contributed by atoms with E-state index in [-0.39, 0.29) is 5.46 Å². The first-order valence-electron chi connectivity index (χ1n) is 5.90. The second-order valence-corrected chi connectivity index (χ2v) is 2.03. The van der Waals surface area contributed by atoms with Crippen LogP contribution < -0.4 is 5.46 Å². The maximum atomic E-state index is 8.99. The lowest BCUT2D eigenvalue weighted by molar-refractivity contribution is 0.425. The average Bonchev–Trinajstić information content (AvgIpc) is 2.14. The number of nitrogens with zero attached hydrogens (tertiary/aromatic N) is 1. The Kier molecular flexibility index (Phi) is 0.894. The second kappa shape index (κ2) is 3.03. The van der Waals surface area contributed by atoms with Crippen molar-refractivity contribution in [1.82, 2.24) is 4.98 Å². The van der Waals surface area contributed by atoms with Gasteiger partial charge in [-0.1, -0.05) is 0 Å². The van der Waals surface area contributed by atoms with Crippen molar-refractivity contribution in [3.63, 3.8) is 0 Å². The Bertz CT molecular complexity index is 416. The molecule has 0 bridgehead atoms. The van der Waals surface area contributed by atoms with Crippen LogP contribution in [0.15, 0.2) is 12.3 Å². The fourth-order valence-electron chi connectivity index (χ4n) is 0.672. The first kappa shape index (κ1) is 3.25. The van der Waals surface area contributed by atoms with Gasteiger partial charge in [-0.25, -0.2) is 0 Å². The van der Waals surface area contributed by atoms with Crippen molar-refractivity contribution in [2.24, 2.45) is 0 Å². The molecule has 2 N–H and O–H groups in total. The van der Waals surface area contributed by atoms with E-state index >= 15 is 0 Å². The summed E-state index contributed by atoms with van der Waals surface area (Å²) in [7, 11) is -2.01. The van der Waals surface area contributed by atoms with Gasteiger partial charge in [0.05, 0.1) is 0 Å². The molecule has 1 aromatic heterocycles. The molecular weight excluding hydrogens is 141 g/mol. The third-order valence-corrected chi connectivity index (χ3v) is 1.21. The highest BCUT2D eigenvalue weighted by atomic mass is 16.4. The van der Waals surface area contributed by atoms with E-state index in [9.17, 15) is 0 Å². The highest BCUT2D eigenvalue weighted by Crippen LogP contribution is 1.96. The van der Waals surface area contributed by atoms with Crippen LogP contribution in [0.4, 0.5) is 0 Å². The first-order valence-corrected chi connectivity index (χ1v) is 2.90. The lowest BCUT2D eigenvalue weighted by atomic mass is 9.78. The molecule has 0 atom stereocenters. The van der Waals surface area contributed by atoms with E-state index in [1.54, 1.807) is 0 Å². The number of pyridine rings is 1. The molecule has 4 heteroatoms. The van der Waals surface area contributed by atoms with Gasteiger partial charge in [0.1, 0.15) is 0 Å². The van der Waals surface area contributed by atoms with E-state index in [2.05, 4.69) is 4.98 Å².